The zero-order valence-corrected chi connectivity index (χ0v) is 14.5. The molecule has 1 fully saturated rings. The number of amides is 2. The van der Waals surface area contributed by atoms with Crippen LogP contribution in [0.1, 0.15) is 17.5 Å². The molecule has 1 saturated heterocycles. The second-order valence-corrected chi connectivity index (χ2v) is 6.56. The van der Waals surface area contributed by atoms with E-state index in [4.69, 9.17) is 11.6 Å². The number of likely N-dealkylation sites (N-methyl/N-ethyl adjacent to an activating group) is 1. The highest BCUT2D eigenvalue weighted by molar-refractivity contribution is 6.30. The van der Waals surface area contributed by atoms with Crippen LogP contribution in [0.4, 0.5) is 5.69 Å². The molecule has 1 aliphatic rings. The lowest BCUT2D eigenvalue weighted by molar-refractivity contribution is -0.122. The Morgan fingerprint density at radius 1 is 1.17 bits per heavy atom. The number of hydrogen-bond acceptors (Lipinski definition) is 3. The van der Waals surface area contributed by atoms with Crippen molar-refractivity contribution in [3.8, 4) is 0 Å². The summed E-state index contributed by atoms with van der Waals surface area (Å²) in [7, 11) is 1.86. The maximum atomic E-state index is 12.8. The first-order valence-electron chi connectivity index (χ1n) is 7.84. The number of hydrogen-bond donors (Lipinski definition) is 0. The van der Waals surface area contributed by atoms with E-state index in [1.165, 1.54) is 4.90 Å². The van der Waals surface area contributed by atoms with Gasteiger partial charge in [0.1, 0.15) is 0 Å². The van der Waals surface area contributed by atoms with Crippen LogP contribution in [0.15, 0.2) is 48.5 Å². The Morgan fingerprint density at radius 2 is 1.92 bits per heavy atom. The molecule has 0 unspecified atom stereocenters. The van der Waals surface area contributed by atoms with Gasteiger partial charge in [0, 0.05) is 11.6 Å². The molecule has 2 aromatic rings. The van der Waals surface area contributed by atoms with Crippen molar-refractivity contribution in [1.82, 2.24) is 4.90 Å². The topological polar surface area (TPSA) is 40.6 Å². The van der Waals surface area contributed by atoms with E-state index in [2.05, 4.69) is 0 Å². The maximum absolute atomic E-state index is 12.8. The summed E-state index contributed by atoms with van der Waals surface area (Å²) in [6.07, 6.45) is 0.199. The van der Waals surface area contributed by atoms with Gasteiger partial charge in [-0.05, 0) is 43.3 Å². The fourth-order valence-electron chi connectivity index (χ4n) is 3.06. The molecular weight excluding hydrogens is 324 g/mol. The number of anilines is 1. The SMILES string of the molecule is Cc1ccccc1N1C(=O)C[C@@H](N(C)Cc2cccc(Cl)c2)C1=O. The first kappa shape index (κ1) is 16.7. The number of nitrogens with zero attached hydrogens (tertiary/aromatic N) is 2. The van der Waals surface area contributed by atoms with Crippen LogP contribution in [0.3, 0.4) is 0 Å². The molecule has 0 saturated carbocycles. The van der Waals surface area contributed by atoms with Crippen molar-refractivity contribution < 1.29 is 9.59 Å². The molecule has 0 radical (unpaired) electrons. The summed E-state index contributed by atoms with van der Waals surface area (Å²) in [5.74, 6) is -0.323. The maximum Gasteiger partial charge on any atom is 0.251 e. The molecule has 1 aliphatic heterocycles. The number of benzene rings is 2. The lowest BCUT2D eigenvalue weighted by Gasteiger charge is -2.23. The van der Waals surface area contributed by atoms with E-state index in [1.807, 2.05) is 67.4 Å². The lowest BCUT2D eigenvalue weighted by Crippen LogP contribution is -2.39. The number of para-hydroxylation sites is 1. The van der Waals surface area contributed by atoms with Crippen LogP contribution < -0.4 is 4.90 Å². The van der Waals surface area contributed by atoms with Crippen molar-refractivity contribution in [2.75, 3.05) is 11.9 Å². The lowest BCUT2D eigenvalue weighted by atomic mass is 10.1. The molecule has 2 aromatic carbocycles. The molecule has 4 nitrogen and oxygen atoms in total. The van der Waals surface area contributed by atoms with Gasteiger partial charge in [-0.1, -0.05) is 41.9 Å². The molecule has 3 rings (SSSR count). The monoisotopic (exact) mass is 342 g/mol. The van der Waals surface area contributed by atoms with Crippen molar-refractivity contribution in [2.24, 2.45) is 0 Å². The Labute approximate surface area is 146 Å². The van der Waals surface area contributed by atoms with Crippen LogP contribution >= 0.6 is 11.6 Å². The van der Waals surface area contributed by atoms with E-state index in [0.717, 1.165) is 11.1 Å². The molecule has 1 atom stereocenters. The smallest absolute Gasteiger partial charge is 0.251 e. The largest absolute Gasteiger partial charge is 0.290 e. The Bertz CT molecular complexity index is 790. The van der Waals surface area contributed by atoms with E-state index in [9.17, 15) is 9.59 Å². The fourth-order valence-corrected chi connectivity index (χ4v) is 3.27. The van der Waals surface area contributed by atoms with E-state index in [0.29, 0.717) is 17.3 Å². The van der Waals surface area contributed by atoms with E-state index < -0.39 is 6.04 Å². The first-order chi connectivity index (χ1) is 11.5. The third kappa shape index (κ3) is 3.21. The second-order valence-electron chi connectivity index (χ2n) is 6.12. The van der Waals surface area contributed by atoms with Gasteiger partial charge in [-0.3, -0.25) is 14.5 Å². The van der Waals surface area contributed by atoms with Crippen molar-refractivity contribution in [1.29, 1.82) is 0 Å². The van der Waals surface area contributed by atoms with Gasteiger partial charge in [0.15, 0.2) is 0 Å². The number of halogens is 1. The molecular formula is C19H19ClN2O2. The van der Waals surface area contributed by atoms with Crippen LogP contribution in [-0.2, 0) is 16.1 Å². The van der Waals surface area contributed by atoms with Crippen LogP contribution in [0.25, 0.3) is 0 Å². The Morgan fingerprint density at radius 3 is 2.62 bits per heavy atom. The summed E-state index contributed by atoms with van der Waals surface area (Å²) in [6, 6.07) is 14.5. The zero-order valence-electron chi connectivity index (χ0n) is 13.7. The molecule has 1 heterocycles. The van der Waals surface area contributed by atoms with E-state index in [1.54, 1.807) is 0 Å². The van der Waals surface area contributed by atoms with Crippen LogP contribution in [0, 0.1) is 6.92 Å². The number of carbonyl (C=O) groups is 2. The second kappa shape index (κ2) is 6.75. The molecule has 2 amide bonds. The molecule has 5 heteroatoms. The standard InChI is InChI=1S/C19H19ClN2O2/c1-13-6-3-4-9-16(13)22-18(23)11-17(19(22)24)21(2)12-14-7-5-8-15(20)10-14/h3-10,17H,11-12H2,1-2H3/t17-/m1/s1. The molecule has 0 bridgehead atoms. The minimum Gasteiger partial charge on any atom is -0.290 e. The van der Waals surface area contributed by atoms with Gasteiger partial charge in [0.25, 0.3) is 5.91 Å². The minimum absolute atomic E-state index is 0.155. The summed E-state index contributed by atoms with van der Waals surface area (Å²) in [5, 5.41) is 0.663. The zero-order chi connectivity index (χ0) is 17.3. The highest BCUT2D eigenvalue weighted by atomic mass is 35.5. The van der Waals surface area contributed by atoms with Gasteiger partial charge in [-0.25, -0.2) is 4.90 Å². The van der Waals surface area contributed by atoms with Crippen molar-refractivity contribution >= 4 is 29.1 Å². The van der Waals surface area contributed by atoms with Crippen LogP contribution in [0.5, 0.6) is 0 Å². The van der Waals surface area contributed by atoms with Crippen LogP contribution in [0.2, 0.25) is 5.02 Å². The Balaban J connectivity index is 1.80. The summed E-state index contributed by atoms with van der Waals surface area (Å²) in [5.41, 5.74) is 2.60. The summed E-state index contributed by atoms with van der Waals surface area (Å²) in [6.45, 7) is 2.46. The number of imide groups is 1. The third-order valence-corrected chi connectivity index (χ3v) is 4.57. The first-order valence-corrected chi connectivity index (χ1v) is 8.22. The highest BCUT2D eigenvalue weighted by Gasteiger charge is 2.41. The number of carbonyl (C=O) groups excluding carboxylic acids is 2. The van der Waals surface area contributed by atoms with E-state index >= 15 is 0 Å². The highest BCUT2D eigenvalue weighted by Crippen LogP contribution is 2.28. The van der Waals surface area contributed by atoms with Crippen LogP contribution in [-0.4, -0.2) is 29.8 Å². The Kier molecular flexibility index (Phi) is 4.69. The normalized spacial score (nSPS) is 17.8. The van der Waals surface area contributed by atoms with Crippen molar-refractivity contribution in [3.63, 3.8) is 0 Å². The summed E-state index contributed by atoms with van der Waals surface area (Å²) < 4.78 is 0. The van der Waals surface area contributed by atoms with Gasteiger partial charge in [0.05, 0.1) is 18.2 Å². The molecule has 0 spiro atoms. The van der Waals surface area contributed by atoms with Crippen molar-refractivity contribution in [3.05, 3.63) is 64.7 Å². The van der Waals surface area contributed by atoms with Gasteiger partial charge < -0.3 is 0 Å². The fraction of sp³-hybridized carbons (Fsp3) is 0.263. The molecule has 0 N–H and O–H groups in total. The molecule has 24 heavy (non-hydrogen) atoms. The average Bonchev–Trinajstić information content (AvgIpc) is 2.83. The van der Waals surface area contributed by atoms with Gasteiger partial charge in [-0.2, -0.15) is 0 Å². The van der Waals surface area contributed by atoms with Crippen molar-refractivity contribution in [2.45, 2.75) is 25.9 Å². The predicted molar refractivity (Wildman–Crippen MR) is 95.0 cm³/mol. The number of rotatable bonds is 4. The van der Waals surface area contributed by atoms with E-state index in [-0.39, 0.29) is 18.2 Å². The van der Waals surface area contributed by atoms with Gasteiger partial charge >= 0.3 is 0 Å². The molecule has 0 aromatic heterocycles. The van der Waals surface area contributed by atoms with Gasteiger partial charge in [0.2, 0.25) is 5.91 Å². The average molecular weight is 343 g/mol. The quantitative estimate of drug-likeness (QED) is 0.799. The predicted octanol–water partition coefficient (Wildman–Crippen LogP) is 3.41. The Hall–Kier alpha value is -2.17. The molecule has 0 aliphatic carbocycles. The number of aryl methyl sites for hydroxylation is 1. The summed E-state index contributed by atoms with van der Waals surface area (Å²) in [4.78, 5) is 28.4. The third-order valence-electron chi connectivity index (χ3n) is 4.33. The summed E-state index contributed by atoms with van der Waals surface area (Å²) >= 11 is 6.01. The van der Waals surface area contributed by atoms with Gasteiger partial charge in [-0.15, -0.1) is 0 Å². The minimum atomic E-state index is -0.448. The molecule has 124 valence electrons.